The van der Waals surface area contributed by atoms with Gasteiger partial charge in [0.15, 0.2) is 0 Å². The minimum absolute atomic E-state index is 0. The van der Waals surface area contributed by atoms with Crippen molar-refractivity contribution in [2.75, 3.05) is 0 Å². The molecular formula is C18H21BF4MoN2O2-6. The Hall–Kier alpha value is -1.89. The fourth-order valence-corrected chi connectivity index (χ4v) is 2.50. The number of hydrogen-bond donors (Lipinski definition) is 0. The summed E-state index contributed by atoms with van der Waals surface area (Å²) in [6, 6.07) is 6.70. The minimum atomic E-state index is -3.67. The quantitative estimate of drug-likeness (QED) is 0.248. The maximum absolute atomic E-state index is 9.67. The number of allylic oxidation sites excluding steroid dienone is 4. The zero-order valence-electron chi connectivity index (χ0n) is 15.2. The van der Waals surface area contributed by atoms with Crippen LogP contribution in [-0.2, 0) is 30.7 Å². The molecule has 0 spiro atoms. The molecule has 0 saturated heterocycles. The van der Waals surface area contributed by atoms with Crippen LogP contribution in [0.15, 0.2) is 48.6 Å². The fraction of sp³-hybridized carbons (Fsp3) is 0.278. The van der Waals surface area contributed by atoms with Crippen LogP contribution in [0.4, 0.5) is 24.3 Å². The van der Waals surface area contributed by atoms with Crippen molar-refractivity contribution in [3.05, 3.63) is 66.0 Å². The number of rotatable bonds is 0. The molecule has 1 fully saturated rings. The van der Waals surface area contributed by atoms with Gasteiger partial charge < -0.3 is 31.7 Å². The van der Waals surface area contributed by atoms with E-state index >= 15 is 0 Å². The molecule has 158 valence electrons. The van der Waals surface area contributed by atoms with Crippen LogP contribution >= 0.6 is 0 Å². The summed E-state index contributed by atoms with van der Waals surface area (Å²) in [5.74, 6) is 3.29. The van der Waals surface area contributed by atoms with Crippen molar-refractivity contribution < 1.29 is 48.3 Å². The number of hydrogen-bond acceptors (Lipinski definition) is 2. The van der Waals surface area contributed by atoms with Crippen molar-refractivity contribution in [2.24, 2.45) is 11.8 Å². The summed E-state index contributed by atoms with van der Waals surface area (Å²) in [7, 11) is -3.67. The third kappa shape index (κ3) is 15.2. The van der Waals surface area contributed by atoms with Crippen molar-refractivity contribution >= 4 is 32.5 Å². The van der Waals surface area contributed by atoms with Crippen LogP contribution in [0.2, 0.25) is 0 Å². The predicted octanol–water partition coefficient (Wildman–Crippen LogP) is 3.12. The Balaban J connectivity index is -0.000000146. The molecule has 1 aromatic rings. The molecule has 10 heteroatoms. The van der Waals surface area contributed by atoms with Gasteiger partial charge in [-0.3, -0.25) is 26.5 Å². The van der Waals surface area contributed by atoms with Crippen LogP contribution < -0.4 is 4.70 Å². The molecule has 0 aliphatic heterocycles. The van der Waals surface area contributed by atoms with Crippen LogP contribution in [0.25, 0.3) is 11.5 Å². The summed E-state index contributed by atoms with van der Waals surface area (Å²) >= 11 is 0. The molecule has 2 aliphatic carbocycles. The second-order valence-corrected chi connectivity index (χ2v) is 5.14. The Labute approximate surface area is 178 Å². The van der Waals surface area contributed by atoms with Gasteiger partial charge in [-0.25, -0.2) is 0 Å². The van der Waals surface area contributed by atoms with Crippen LogP contribution in [-0.4, -0.2) is 21.1 Å². The molecule has 1 saturated carbocycles. The average Bonchev–Trinajstić information content (AvgIpc) is 3.03. The van der Waals surface area contributed by atoms with Gasteiger partial charge in [-0.1, -0.05) is 48.9 Å². The zero-order valence-corrected chi connectivity index (χ0v) is 17.2. The number of fused-ring (bicyclic) bond motifs is 1. The van der Waals surface area contributed by atoms with Gasteiger partial charge in [-0.2, -0.15) is 24.7 Å². The summed E-state index contributed by atoms with van der Waals surface area (Å²) < 4.78 is 29.0. The van der Waals surface area contributed by atoms with E-state index in [0.717, 1.165) is 11.8 Å². The van der Waals surface area contributed by atoms with E-state index in [4.69, 9.17) is 21.1 Å². The Morgan fingerprint density at radius 2 is 1.39 bits per heavy atom. The smallest absolute Gasteiger partial charge is 0.762 e. The van der Waals surface area contributed by atoms with Crippen LogP contribution in [0, 0.1) is 17.8 Å². The van der Waals surface area contributed by atoms with Crippen molar-refractivity contribution in [2.45, 2.75) is 19.8 Å². The Morgan fingerprint density at radius 3 is 1.75 bits per heavy atom. The van der Waals surface area contributed by atoms with Gasteiger partial charge in [0.1, 0.15) is 0 Å². The Bertz CT molecular complexity index is 528. The molecule has 28 heavy (non-hydrogen) atoms. The summed E-state index contributed by atoms with van der Waals surface area (Å²) in [5, 5.41) is 0. The summed E-state index contributed by atoms with van der Waals surface area (Å²) in [5.41, 5.74) is 14.6. The molecule has 2 N–H and O–H groups in total. The van der Waals surface area contributed by atoms with E-state index in [0.29, 0.717) is 0 Å². The molecule has 2 atom stereocenters. The van der Waals surface area contributed by atoms with Crippen molar-refractivity contribution in [1.29, 1.82) is 0 Å². The van der Waals surface area contributed by atoms with E-state index in [2.05, 4.69) is 44.8 Å². The van der Waals surface area contributed by atoms with E-state index in [9.17, 15) is 12.9 Å². The molecule has 2 aliphatic rings. The number of halogens is 4. The van der Waals surface area contributed by atoms with Crippen molar-refractivity contribution in [1.82, 2.24) is 0 Å². The van der Waals surface area contributed by atoms with Gasteiger partial charge in [0.2, 0.25) is 0 Å². The first kappa shape index (κ1) is 33.7. The van der Waals surface area contributed by atoms with E-state index < -0.39 is 7.54 Å². The van der Waals surface area contributed by atoms with E-state index in [-0.39, 0.29) is 37.1 Å². The van der Waals surface area contributed by atoms with Gasteiger partial charge in [-0.15, -0.1) is 12.0 Å². The third-order valence-electron chi connectivity index (χ3n) is 3.62. The van der Waals surface area contributed by atoms with Gasteiger partial charge >= 0.3 is 7.54 Å². The third-order valence-corrected chi connectivity index (χ3v) is 3.62. The Kier molecular flexibility index (Phi) is 25.8. The summed E-state index contributed by atoms with van der Waals surface area (Å²) in [6.45, 7) is 8.79. The molecular weight excluding hydrogens is 459 g/mol. The second-order valence-electron chi connectivity index (χ2n) is 5.14. The van der Waals surface area contributed by atoms with Gasteiger partial charge in [0.05, 0.1) is 0 Å². The minimum Gasteiger partial charge on any atom is -1.00 e. The van der Waals surface area contributed by atoms with Crippen molar-refractivity contribution in [3.63, 3.8) is 0 Å². The fourth-order valence-electron chi connectivity index (χ4n) is 2.50. The first-order valence-electron chi connectivity index (χ1n) is 7.50. The molecule has 0 heterocycles. The van der Waals surface area contributed by atoms with Crippen LogP contribution in [0.1, 0.15) is 19.8 Å². The Morgan fingerprint density at radius 1 is 1.00 bits per heavy atom. The maximum Gasteiger partial charge on any atom is 0.762 e. The second kappa shape index (κ2) is 21.4. The molecule has 0 radical (unpaired) electrons. The largest absolute Gasteiger partial charge is 1.00 e. The van der Waals surface area contributed by atoms with E-state index in [1.165, 1.54) is 12.8 Å². The maximum atomic E-state index is 9.67. The molecule has 0 bridgehead atoms. The molecule has 1 aromatic carbocycles. The zero-order chi connectivity index (χ0) is 20.5. The summed E-state index contributed by atoms with van der Waals surface area (Å²) in [6.07, 6.45) is 11.8. The monoisotopic (exact) mass is 482 g/mol. The molecule has 4 nitrogen and oxygen atoms in total. The number of benzene rings is 1. The molecule has 3 rings (SSSR count). The predicted molar refractivity (Wildman–Crippen MR) is 100 cm³/mol. The van der Waals surface area contributed by atoms with Gasteiger partial charge in [0.25, 0.3) is 0 Å². The SMILES string of the molecule is C[C-]1CCC2C=CC=CC12.FB(F)F.[CH-]=O.[CH-]=O.[F-].[Mo].[NH-]c1ccccc1[NH-]. The number of carbonyl (C=O) groups excluding carboxylic acids is 2. The standard InChI is InChI=1S/C10H13.C6H6N2.2CHO.BF3.FH.Mo/c1-8-6-7-9-4-2-3-5-10(8)9;7-5-3-1-2-4-6(5)8;2*1-2;2-1(3)4;;/h2-5,9-10H,6-7H2,1H3;1-4,7-8H;2*1H;;1H;/q-1;-2;2*-1;;;/p-1. The van der Waals surface area contributed by atoms with E-state index in [1.807, 2.05) is 0 Å². The first-order valence-corrected chi connectivity index (χ1v) is 7.50. The molecule has 2 unspecified atom stereocenters. The first-order chi connectivity index (χ1) is 12.4. The normalized spacial score (nSPS) is 17.6. The molecule has 0 aromatic heterocycles. The number of nitrogens with one attached hydrogen (secondary N) is 2. The van der Waals surface area contributed by atoms with E-state index in [1.54, 1.807) is 30.2 Å². The average molecular weight is 480 g/mol. The topological polar surface area (TPSA) is 81.7 Å². The van der Waals surface area contributed by atoms with Crippen LogP contribution in [0.5, 0.6) is 0 Å². The van der Waals surface area contributed by atoms with Gasteiger partial charge in [-0.05, 0) is 5.92 Å². The summed E-state index contributed by atoms with van der Waals surface area (Å²) in [4.78, 5) is 15.5. The van der Waals surface area contributed by atoms with Gasteiger partial charge in [0, 0.05) is 21.1 Å². The molecule has 0 amide bonds. The van der Waals surface area contributed by atoms with Crippen LogP contribution in [0.3, 0.4) is 0 Å². The van der Waals surface area contributed by atoms with Crippen molar-refractivity contribution in [3.8, 4) is 0 Å².